The summed E-state index contributed by atoms with van der Waals surface area (Å²) < 4.78 is 90.1. The molecule has 0 rings (SSSR count). The maximum Gasteiger partial charge on any atom is 0.407 e. The summed E-state index contributed by atoms with van der Waals surface area (Å²) in [6.45, 7) is 19.9. The van der Waals surface area contributed by atoms with E-state index in [9.17, 15) is 86.3 Å². The van der Waals surface area contributed by atoms with Gasteiger partial charge in [0.15, 0.2) is 0 Å². The highest BCUT2D eigenvalue weighted by atomic mass is 16.6. The number of aliphatic carboxylic acids is 1. The molecular weight excluding hydrogens is 1950 g/mol. The summed E-state index contributed by atoms with van der Waals surface area (Å²) in [6.07, 6.45) is 38.8. The Kier molecular flexibility index (Phi) is 97.1. The van der Waals surface area contributed by atoms with E-state index in [1.54, 1.807) is 27.7 Å². The summed E-state index contributed by atoms with van der Waals surface area (Å²) in [5.74, 6) is -4.81. The zero-order valence-electron chi connectivity index (χ0n) is 93.2. The van der Waals surface area contributed by atoms with Gasteiger partial charge in [0, 0.05) is 96.3 Å². The van der Waals surface area contributed by atoms with Gasteiger partial charge in [-0.25, -0.2) is 4.79 Å². The standard InChI is InChI=1S/C107H183NO34.C6H12O2/c1-6-9-55-89(7-2)88-142-104(123)70-39-23-53-85-139-102(121)68-37-21-51-83-137-100(119)66-35-19-49-81-135-98(117)64-33-17-47-79-133-96(115)62-31-15-45-77-131-94(113)60-29-13-43-75-129-92(111)58-27-11-41-73-127-90(109)56-25-10-40-72-126-91(110)57-26-12-42-74-128-93(112)59-28-14-44-76-130-95(114)61-30-16-46-78-132-97(116)63-32-18-48-80-134-99(118)65-34-20-50-82-136-101(120)67-36-22-52-84-138-103(122)69-38-24-54-86-141-106(125)108-71-87-140-105(124)107(4,5)8-3;1-4-6(2,3)5(7)8/h89H,6-88H2,1-5H3,(H,108,125);4H2,1-3H3,(H,7,8). The zero-order chi connectivity index (χ0) is 111. The molecule has 0 saturated heterocycles. The first-order chi connectivity index (χ1) is 72.3. The second kappa shape index (κ2) is 102. The van der Waals surface area contributed by atoms with E-state index in [-0.39, 0.29) is 278 Å². The van der Waals surface area contributed by atoms with Gasteiger partial charge in [-0.15, -0.1) is 0 Å². The van der Waals surface area contributed by atoms with Crippen molar-refractivity contribution < 1.29 is 172 Å². The van der Waals surface area contributed by atoms with Crippen LogP contribution < -0.4 is 5.32 Å². The fraction of sp³-hybridized carbons (Fsp3) is 0.841. The fourth-order valence-corrected chi connectivity index (χ4v) is 14.0. The highest BCUT2D eigenvalue weighted by Gasteiger charge is 2.28. The Morgan fingerprint density at radius 2 is 0.367 bits per heavy atom. The first kappa shape index (κ1) is 142. The van der Waals surface area contributed by atoms with Crippen molar-refractivity contribution in [1.29, 1.82) is 0 Å². The van der Waals surface area contributed by atoms with E-state index in [1.807, 2.05) is 13.8 Å². The Balaban J connectivity index is 0. The molecule has 1 unspecified atom stereocenters. The predicted molar refractivity (Wildman–Crippen MR) is 561 cm³/mol. The molecule has 0 spiro atoms. The average molecular weight is 2140 g/mol. The molecule has 2 N–H and O–H groups in total. The number of carboxylic acids is 1. The molecule has 0 aliphatic carbocycles. The van der Waals surface area contributed by atoms with E-state index in [0.717, 1.165) is 44.9 Å². The number of unbranched alkanes of at least 4 members (excludes halogenated alkanes) is 31. The Bertz CT molecular complexity index is 3440. The minimum absolute atomic E-state index is 0.0644. The van der Waals surface area contributed by atoms with Crippen LogP contribution in [0.25, 0.3) is 0 Å². The number of carbonyl (C=O) groups excluding carboxylic acids is 17. The first-order valence-corrected chi connectivity index (χ1v) is 56.9. The summed E-state index contributed by atoms with van der Waals surface area (Å²) in [5, 5.41) is 11.0. The molecule has 868 valence electrons. The molecule has 0 heterocycles. The smallest absolute Gasteiger partial charge is 0.407 e. The maximum atomic E-state index is 12.2. The van der Waals surface area contributed by atoms with Gasteiger partial charge in [0.05, 0.1) is 123 Å². The zero-order valence-corrected chi connectivity index (χ0v) is 93.2. The van der Waals surface area contributed by atoms with E-state index < -0.39 is 22.9 Å². The fourth-order valence-electron chi connectivity index (χ4n) is 14.0. The minimum atomic E-state index is -0.722. The van der Waals surface area contributed by atoms with E-state index >= 15 is 0 Å². The monoisotopic (exact) mass is 2140 g/mol. The largest absolute Gasteiger partial charge is 0.481 e. The van der Waals surface area contributed by atoms with Crippen molar-refractivity contribution in [3.8, 4) is 0 Å². The van der Waals surface area contributed by atoms with Gasteiger partial charge in [0.2, 0.25) is 0 Å². The van der Waals surface area contributed by atoms with E-state index in [1.165, 1.54) is 0 Å². The summed E-state index contributed by atoms with van der Waals surface area (Å²) in [6, 6.07) is 0. The highest BCUT2D eigenvalue weighted by Crippen LogP contribution is 2.24. The number of hydrogen-bond donors (Lipinski definition) is 2. The third kappa shape index (κ3) is 100. The predicted octanol–water partition coefficient (Wildman–Crippen LogP) is 22.0. The maximum absolute atomic E-state index is 12.2. The Morgan fingerprint density at radius 3 is 0.513 bits per heavy atom. The van der Waals surface area contributed by atoms with Gasteiger partial charge >= 0.3 is 108 Å². The third-order valence-corrected chi connectivity index (χ3v) is 24.8. The molecular formula is C113H195NO36. The number of esters is 16. The molecule has 0 aromatic carbocycles. The van der Waals surface area contributed by atoms with Crippen LogP contribution in [-0.4, -0.2) is 232 Å². The van der Waals surface area contributed by atoms with Crippen LogP contribution >= 0.6 is 0 Å². The van der Waals surface area contributed by atoms with Gasteiger partial charge in [-0.3, -0.25) is 81.5 Å². The molecule has 1 amide bonds. The van der Waals surface area contributed by atoms with E-state index in [2.05, 4.69) is 19.2 Å². The first-order valence-electron chi connectivity index (χ1n) is 56.9. The van der Waals surface area contributed by atoms with Crippen molar-refractivity contribution in [2.24, 2.45) is 16.7 Å². The summed E-state index contributed by atoms with van der Waals surface area (Å²) in [7, 11) is 0. The van der Waals surface area contributed by atoms with Crippen LogP contribution in [0.5, 0.6) is 0 Å². The number of ether oxygens (including phenoxy) is 17. The van der Waals surface area contributed by atoms with Crippen LogP contribution in [0.15, 0.2) is 0 Å². The molecule has 0 aliphatic rings. The lowest BCUT2D eigenvalue weighted by atomic mass is 9.91. The molecule has 0 radical (unpaired) electrons. The normalized spacial score (nSPS) is 11.3. The number of carboxylic acid groups (broad SMARTS) is 1. The SMILES string of the molecule is CCC(C)(C)C(=O)O.CCCCC(CC)COC(=O)CCCCCOC(=O)CCCCCOC(=O)CCCCCOC(=O)CCCCCOC(=O)CCCCCOC(=O)CCCCCOC(=O)CCCCCOC(=O)CCCCCOC(=O)CCCCCOC(=O)CCCCCOC(=O)CCCCCOC(=O)CCCCCOC(=O)CCCCCOC(=O)CCCCCOC(=O)CCCCCOC(=O)NCCOC(=O)C(C)(C)CC. The van der Waals surface area contributed by atoms with Crippen molar-refractivity contribution in [1.82, 2.24) is 5.32 Å². The summed E-state index contributed by atoms with van der Waals surface area (Å²) >= 11 is 0. The number of rotatable bonds is 103. The van der Waals surface area contributed by atoms with Gasteiger partial charge < -0.3 is 90.9 Å². The molecule has 37 nitrogen and oxygen atoms in total. The number of hydrogen-bond acceptors (Lipinski definition) is 35. The molecule has 1 atom stereocenters. The van der Waals surface area contributed by atoms with Crippen LogP contribution in [0.2, 0.25) is 0 Å². The van der Waals surface area contributed by atoms with Gasteiger partial charge in [-0.05, 0) is 342 Å². The van der Waals surface area contributed by atoms with E-state index in [0.29, 0.717) is 321 Å². The number of nitrogens with one attached hydrogen (secondary N) is 1. The second-order valence-corrected chi connectivity index (χ2v) is 39.3. The molecule has 0 saturated carbocycles. The van der Waals surface area contributed by atoms with Crippen molar-refractivity contribution in [3.05, 3.63) is 0 Å². The summed E-state index contributed by atoms with van der Waals surface area (Å²) in [5.41, 5.74) is -1.11. The molecule has 0 aliphatic heterocycles. The average Bonchev–Trinajstić information content (AvgIpc) is 0.896. The third-order valence-electron chi connectivity index (χ3n) is 24.8. The molecule has 0 bridgehead atoms. The van der Waals surface area contributed by atoms with Crippen LogP contribution in [-0.2, 0) is 162 Å². The Labute approximate surface area is 895 Å². The van der Waals surface area contributed by atoms with Crippen LogP contribution in [0.3, 0.4) is 0 Å². The van der Waals surface area contributed by atoms with Gasteiger partial charge in [0.25, 0.3) is 0 Å². The van der Waals surface area contributed by atoms with Crippen LogP contribution in [0.1, 0.15) is 479 Å². The van der Waals surface area contributed by atoms with Crippen molar-refractivity contribution >= 4 is 108 Å². The van der Waals surface area contributed by atoms with Crippen LogP contribution in [0.4, 0.5) is 4.79 Å². The van der Waals surface area contributed by atoms with Gasteiger partial charge in [0.1, 0.15) is 6.61 Å². The molecule has 0 aromatic rings. The topological polar surface area (TPSA) is 496 Å². The molecule has 0 aromatic heterocycles. The van der Waals surface area contributed by atoms with Crippen LogP contribution in [0, 0.1) is 16.7 Å². The van der Waals surface area contributed by atoms with Gasteiger partial charge in [-0.1, -0.05) is 47.0 Å². The lowest BCUT2D eigenvalue weighted by Gasteiger charge is -2.20. The second-order valence-electron chi connectivity index (χ2n) is 39.3. The summed E-state index contributed by atoms with van der Waals surface area (Å²) in [4.78, 5) is 216. The van der Waals surface area contributed by atoms with Crippen molar-refractivity contribution in [3.63, 3.8) is 0 Å². The number of amides is 1. The number of carbonyl (C=O) groups is 18. The molecule has 37 heteroatoms. The minimum Gasteiger partial charge on any atom is -0.481 e. The Morgan fingerprint density at radius 1 is 0.200 bits per heavy atom. The van der Waals surface area contributed by atoms with Gasteiger partial charge in [-0.2, -0.15) is 0 Å². The van der Waals surface area contributed by atoms with Crippen molar-refractivity contribution in [2.45, 2.75) is 479 Å². The molecule has 0 fully saturated rings. The molecule has 150 heavy (non-hydrogen) atoms. The number of alkyl carbamates (subject to hydrolysis) is 1. The highest BCUT2D eigenvalue weighted by molar-refractivity contribution is 5.77. The lowest BCUT2D eigenvalue weighted by molar-refractivity contribution is -0.154. The lowest BCUT2D eigenvalue weighted by Crippen LogP contribution is -2.32. The quantitative estimate of drug-likeness (QED) is 0.0324. The Hall–Kier alpha value is -9.74. The van der Waals surface area contributed by atoms with E-state index in [4.69, 9.17) is 85.6 Å². The van der Waals surface area contributed by atoms with Crippen molar-refractivity contribution in [2.75, 3.05) is 119 Å².